The number of halogens is 1. The van der Waals surface area contributed by atoms with Crippen LogP contribution in [0.25, 0.3) is 11.1 Å². The van der Waals surface area contributed by atoms with Crippen molar-refractivity contribution in [1.82, 2.24) is 0 Å². The van der Waals surface area contributed by atoms with E-state index in [9.17, 15) is 9.59 Å². The minimum absolute atomic E-state index is 0.400. The first-order chi connectivity index (χ1) is 9.09. The third-order valence-corrected chi connectivity index (χ3v) is 3.70. The molecule has 0 unspecified atom stereocenters. The van der Waals surface area contributed by atoms with E-state index >= 15 is 0 Å². The third kappa shape index (κ3) is 3.20. The van der Waals surface area contributed by atoms with Gasteiger partial charge in [0.15, 0.2) is 0 Å². The van der Waals surface area contributed by atoms with Gasteiger partial charge in [0.1, 0.15) is 0 Å². The molecule has 2 rings (SSSR count). The number of carbonyl (C=O) groups is 2. The highest BCUT2D eigenvalue weighted by atomic mass is 127. The van der Waals surface area contributed by atoms with Crippen LogP contribution in [0, 0.1) is 3.57 Å². The Balaban J connectivity index is 2.44. The molecule has 3 nitrogen and oxygen atoms in total. The first-order valence-corrected chi connectivity index (χ1v) is 6.74. The summed E-state index contributed by atoms with van der Waals surface area (Å²) >= 11 is 2.09. The summed E-state index contributed by atoms with van der Waals surface area (Å²) in [5.41, 5.74) is 2.36. The Morgan fingerprint density at radius 1 is 1.00 bits per heavy atom. The first kappa shape index (κ1) is 13.7. The number of benzene rings is 2. The number of rotatable bonds is 2. The molecule has 2 aromatic rings. The topological polar surface area (TPSA) is 43.4 Å². The Morgan fingerprint density at radius 2 is 1.68 bits per heavy atom. The summed E-state index contributed by atoms with van der Waals surface area (Å²) in [5, 5.41) is 0. The van der Waals surface area contributed by atoms with Crippen LogP contribution in [0.15, 0.2) is 48.5 Å². The predicted octanol–water partition coefficient (Wildman–Crippen LogP) is 3.66. The van der Waals surface area contributed by atoms with Crippen LogP contribution in [0.4, 0.5) is 0 Å². The van der Waals surface area contributed by atoms with Gasteiger partial charge in [0.2, 0.25) is 0 Å². The van der Waals surface area contributed by atoms with Crippen LogP contribution >= 0.6 is 22.6 Å². The van der Waals surface area contributed by atoms with Gasteiger partial charge in [0, 0.05) is 10.5 Å². The van der Waals surface area contributed by atoms with Crippen LogP contribution in [0.5, 0.6) is 0 Å². The van der Waals surface area contributed by atoms with Gasteiger partial charge in [-0.1, -0.05) is 42.5 Å². The van der Waals surface area contributed by atoms with E-state index in [0.29, 0.717) is 5.56 Å². The standard InChI is InChI=1S/C15H11IO3/c1-10(17)19-15(18)13-9-5-8-12(14(13)16)11-6-3-2-4-7-11/h2-9H,1H3. The van der Waals surface area contributed by atoms with Gasteiger partial charge < -0.3 is 4.74 Å². The number of ether oxygens (including phenoxy) is 1. The van der Waals surface area contributed by atoms with E-state index in [1.54, 1.807) is 12.1 Å². The lowest BCUT2D eigenvalue weighted by Gasteiger charge is -2.08. The van der Waals surface area contributed by atoms with E-state index < -0.39 is 11.9 Å². The zero-order valence-corrected chi connectivity index (χ0v) is 12.4. The quantitative estimate of drug-likeness (QED) is 0.463. The van der Waals surface area contributed by atoms with E-state index in [2.05, 4.69) is 27.3 Å². The van der Waals surface area contributed by atoms with Gasteiger partial charge in [0.25, 0.3) is 0 Å². The minimum Gasteiger partial charge on any atom is -0.390 e. The van der Waals surface area contributed by atoms with Crippen molar-refractivity contribution in [3.8, 4) is 11.1 Å². The smallest absolute Gasteiger partial charge is 0.346 e. The van der Waals surface area contributed by atoms with Crippen LogP contribution in [-0.2, 0) is 9.53 Å². The molecule has 0 radical (unpaired) electrons. The maximum absolute atomic E-state index is 11.8. The van der Waals surface area contributed by atoms with Crippen molar-refractivity contribution in [2.45, 2.75) is 6.92 Å². The fraction of sp³-hybridized carbons (Fsp3) is 0.0667. The van der Waals surface area contributed by atoms with Crippen LogP contribution in [0.3, 0.4) is 0 Å². The van der Waals surface area contributed by atoms with E-state index in [1.165, 1.54) is 6.92 Å². The Morgan fingerprint density at radius 3 is 2.32 bits per heavy atom. The SMILES string of the molecule is CC(=O)OC(=O)c1cccc(-c2ccccc2)c1I. The van der Waals surface area contributed by atoms with Gasteiger partial charge >= 0.3 is 11.9 Å². The summed E-state index contributed by atoms with van der Waals surface area (Å²) in [7, 11) is 0. The highest BCUT2D eigenvalue weighted by molar-refractivity contribution is 14.1. The normalized spacial score (nSPS) is 10.0. The average molecular weight is 366 g/mol. The summed E-state index contributed by atoms with van der Waals surface area (Å²) in [5.74, 6) is -1.22. The van der Waals surface area contributed by atoms with Crippen molar-refractivity contribution >= 4 is 34.5 Å². The molecule has 0 heterocycles. The Kier molecular flexibility index (Phi) is 4.31. The van der Waals surface area contributed by atoms with Gasteiger partial charge in [0.05, 0.1) is 5.56 Å². The molecule has 0 N–H and O–H groups in total. The van der Waals surface area contributed by atoms with Gasteiger partial charge in [-0.2, -0.15) is 0 Å². The molecule has 0 aliphatic carbocycles. The summed E-state index contributed by atoms with van der Waals surface area (Å²) < 4.78 is 5.40. The number of hydrogen-bond donors (Lipinski definition) is 0. The molecule has 19 heavy (non-hydrogen) atoms. The molecular weight excluding hydrogens is 355 g/mol. The van der Waals surface area contributed by atoms with Crippen molar-refractivity contribution in [2.24, 2.45) is 0 Å². The monoisotopic (exact) mass is 366 g/mol. The van der Waals surface area contributed by atoms with Crippen molar-refractivity contribution in [1.29, 1.82) is 0 Å². The first-order valence-electron chi connectivity index (χ1n) is 5.66. The van der Waals surface area contributed by atoms with E-state index in [-0.39, 0.29) is 0 Å². The lowest BCUT2D eigenvalue weighted by molar-refractivity contribution is -0.135. The minimum atomic E-state index is -0.616. The fourth-order valence-electron chi connectivity index (χ4n) is 1.72. The molecule has 0 aliphatic rings. The second-order valence-electron chi connectivity index (χ2n) is 3.91. The lowest BCUT2D eigenvalue weighted by Crippen LogP contribution is -2.11. The highest BCUT2D eigenvalue weighted by Gasteiger charge is 2.16. The molecule has 0 saturated carbocycles. The number of hydrogen-bond acceptors (Lipinski definition) is 3. The van der Waals surface area contributed by atoms with Crippen LogP contribution in [0.1, 0.15) is 17.3 Å². The largest absolute Gasteiger partial charge is 0.390 e. The third-order valence-electron chi connectivity index (χ3n) is 2.54. The number of carbonyl (C=O) groups excluding carboxylic acids is 2. The van der Waals surface area contributed by atoms with Crippen LogP contribution in [0.2, 0.25) is 0 Å². The Bertz CT molecular complexity index is 621. The van der Waals surface area contributed by atoms with Gasteiger partial charge in [-0.05, 0) is 39.8 Å². The molecule has 4 heteroatoms. The maximum atomic E-state index is 11.8. The number of esters is 2. The Labute approximate surface area is 124 Å². The summed E-state index contributed by atoms with van der Waals surface area (Å²) in [6.45, 7) is 1.21. The van der Waals surface area contributed by atoms with Crippen molar-refractivity contribution in [3.63, 3.8) is 0 Å². The maximum Gasteiger partial charge on any atom is 0.346 e. The molecule has 0 fully saturated rings. The molecular formula is C15H11IO3. The summed E-state index contributed by atoms with van der Waals surface area (Å²) in [4.78, 5) is 22.7. The van der Waals surface area contributed by atoms with Crippen LogP contribution in [-0.4, -0.2) is 11.9 Å². The molecule has 0 aliphatic heterocycles. The zero-order valence-electron chi connectivity index (χ0n) is 10.2. The lowest BCUT2D eigenvalue weighted by atomic mass is 10.0. The second kappa shape index (κ2) is 5.97. The molecule has 0 atom stereocenters. The van der Waals surface area contributed by atoms with E-state index in [4.69, 9.17) is 0 Å². The summed E-state index contributed by atoms with van der Waals surface area (Å²) in [6, 6.07) is 15.1. The zero-order chi connectivity index (χ0) is 13.8. The molecule has 0 saturated heterocycles. The van der Waals surface area contributed by atoms with Gasteiger partial charge in [-0.3, -0.25) is 4.79 Å². The molecule has 96 valence electrons. The highest BCUT2D eigenvalue weighted by Crippen LogP contribution is 2.28. The molecule has 0 amide bonds. The molecule has 0 bridgehead atoms. The Hall–Kier alpha value is -1.69. The van der Waals surface area contributed by atoms with Gasteiger partial charge in [-0.25, -0.2) is 4.79 Å². The molecule has 0 spiro atoms. The second-order valence-corrected chi connectivity index (χ2v) is 4.99. The van der Waals surface area contributed by atoms with Crippen molar-refractivity contribution < 1.29 is 14.3 Å². The molecule has 2 aromatic carbocycles. The van der Waals surface area contributed by atoms with Gasteiger partial charge in [-0.15, -0.1) is 0 Å². The van der Waals surface area contributed by atoms with Crippen LogP contribution < -0.4 is 0 Å². The van der Waals surface area contributed by atoms with E-state index in [0.717, 1.165) is 14.7 Å². The van der Waals surface area contributed by atoms with E-state index in [1.807, 2.05) is 36.4 Å². The predicted molar refractivity (Wildman–Crippen MR) is 80.7 cm³/mol. The fourth-order valence-corrected chi connectivity index (χ4v) is 2.61. The molecule has 0 aromatic heterocycles. The van der Waals surface area contributed by atoms with Crippen molar-refractivity contribution in [3.05, 3.63) is 57.7 Å². The average Bonchev–Trinajstić information content (AvgIpc) is 2.39. The van der Waals surface area contributed by atoms with Crippen molar-refractivity contribution in [2.75, 3.05) is 0 Å². The summed E-state index contributed by atoms with van der Waals surface area (Å²) in [6.07, 6.45) is 0.